The second-order valence-corrected chi connectivity index (χ2v) is 2.98. The zero-order valence-electron chi connectivity index (χ0n) is 5.93. The first-order chi connectivity index (χ1) is 5.29. The predicted octanol–water partition coefficient (Wildman–Crippen LogP) is 2.38. The van der Waals surface area contributed by atoms with Crippen molar-refractivity contribution in [1.29, 1.82) is 0 Å². The van der Waals surface area contributed by atoms with E-state index in [1.54, 1.807) is 12.4 Å². The number of nitrogens with one attached hydrogen (secondary N) is 1. The van der Waals surface area contributed by atoms with Crippen molar-refractivity contribution in [3.63, 3.8) is 0 Å². The van der Waals surface area contributed by atoms with Crippen molar-refractivity contribution in [3.8, 4) is 0 Å². The highest BCUT2D eigenvalue weighted by atomic mass is 19.3. The smallest absolute Gasteiger partial charge is 0.242 e. The fourth-order valence-electron chi connectivity index (χ4n) is 1.44. The van der Waals surface area contributed by atoms with Gasteiger partial charge < -0.3 is 4.98 Å². The van der Waals surface area contributed by atoms with E-state index in [-0.39, 0.29) is 11.8 Å². The van der Waals surface area contributed by atoms with E-state index in [0.29, 0.717) is 6.42 Å². The molecule has 1 aliphatic carbocycles. The van der Waals surface area contributed by atoms with Crippen molar-refractivity contribution < 1.29 is 8.78 Å². The molecule has 0 aliphatic heterocycles. The van der Waals surface area contributed by atoms with Gasteiger partial charge in [-0.3, -0.25) is 0 Å². The third-order valence-electron chi connectivity index (χ3n) is 2.21. The Morgan fingerprint density at radius 2 is 2.36 bits per heavy atom. The maximum atomic E-state index is 12.1. The molecule has 1 N–H and O–H groups in total. The summed E-state index contributed by atoms with van der Waals surface area (Å²) in [6.07, 6.45) is 2.08. The maximum absolute atomic E-state index is 12.1. The Labute approximate surface area is 63.4 Å². The molecule has 11 heavy (non-hydrogen) atoms. The Hall–Kier alpha value is -0.860. The first-order valence-corrected chi connectivity index (χ1v) is 3.70. The minimum Gasteiger partial charge on any atom is -0.367 e. The van der Waals surface area contributed by atoms with Gasteiger partial charge in [-0.1, -0.05) is 0 Å². The van der Waals surface area contributed by atoms with E-state index in [0.717, 1.165) is 5.56 Å². The second kappa shape index (κ2) is 2.32. The van der Waals surface area contributed by atoms with Crippen molar-refractivity contribution in [1.82, 2.24) is 4.98 Å². The molecule has 0 radical (unpaired) electrons. The van der Waals surface area contributed by atoms with Gasteiger partial charge >= 0.3 is 0 Å². The van der Waals surface area contributed by atoms with E-state index < -0.39 is 6.43 Å². The number of halogens is 2. The van der Waals surface area contributed by atoms with Crippen molar-refractivity contribution in [2.45, 2.75) is 18.8 Å². The molecule has 0 amide bonds. The van der Waals surface area contributed by atoms with Gasteiger partial charge in [-0.15, -0.1) is 0 Å². The molecule has 2 rings (SSSR count). The maximum Gasteiger partial charge on any atom is 0.242 e. The average molecular weight is 157 g/mol. The lowest BCUT2D eigenvalue weighted by molar-refractivity contribution is 0.120. The molecule has 0 spiro atoms. The van der Waals surface area contributed by atoms with E-state index in [1.165, 1.54) is 0 Å². The van der Waals surface area contributed by atoms with Crippen LogP contribution in [0.2, 0.25) is 0 Å². The van der Waals surface area contributed by atoms with Crippen molar-refractivity contribution in [3.05, 3.63) is 24.0 Å². The number of hydrogen-bond acceptors (Lipinski definition) is 0. The van der Waals surface area contributed by atoms with Gasteiger partial charge in [0.15, 0.2) is 0 Å². The SMILES string of the molecule is FC(F)[C@H]1C[C@@H]1c1cc[nH]c1. The molecule has 0 bridgehead atoms. The molecule has 0 unspecified atom stereocenters. The number of aromatic nitrogens is 1. The fourth-order valence-corrected chi connectivity index (χ4v) is 1.44. The predicted molar refractivity (Wildman–Crippen MR) is 37.6 cm³/mol. The van der Waals surface area contributed by atoms with Crippen LogP contribution in [0.1, 0.15) is 17.9 Å². The van der Waals surface area contributed by atoms with Gasteiger partial charge in [-0.2, -0.15) is 0 Å². The lowest BCUT2D eigenvalue weighted by Gasteiger charge is -1.93. The van der Waals surface area contributed by atoms with Crippen LogP contribution in [0.25, 0.3) is 0 Å². The molecule has 1 nitrogen and oxygen atoms in total. The highest BCUT2D eigenvalue weighted by molar-refractivity contribution is 5.22. The van der Waals surface area contributed by atoms with Gasteiger partial charge in [0.2, 0.25) is 6.43 Å². The minimum atomic E-state index is -2.14. The minimum absolute atomic E-state index is 0.112. The number of alkyl halides is 2. The van der Waals surface area contributed by atoms with E-state index in [2.05, 4.69) is 4.98 Å². The monoisotopic (exact) mass is 157 g/mol. The third kappa shape index (κ3) is 1.15. The summed E-state index contributed by atoms with van der Waals surface area (Å²) in [5, 5.41) is 0. The van der Waals surface area contributed by atoms with Crippen molar-refractivity contribution in [2.24, 2.45) is 5.92 Å². The van der Waals surface area contributed by atoms with Crippen molar-refractivity contribution >= 4 is 0 Å². The summed E-state index contributed by atoms with van der Waals surface area (Å²) in [4.78, 5) is 2.87. The Morgan fingerprint density at radius 1 is 1.55 bits per heavy atom. The first-order valence-electron chi connectivity index (χ1n) is 3.70. The molecule has 0 saturated heterocycles. The second-order valence-electron chi connectivity index (χ2n) is 2.98. The van der Waals surface area contributed by atoms with Gasteiger partial charge in [0.1, 0.15) is 0 Å². The van der Waals surface area contributed by atoms with Crippen LogP contribution >= 0.6 is 0 Å². The van der Waals surface area contributed by atoms with E-state index >= 15 is 0 Å². The highest BCUT2D eigenvalue weighted by Crippen LogP contribution is 2.50. The number of rotatable bonds is 2. The van der Waals surface area contributed by atoms with Crippen LogP contribution in [0.15, 0.2) is 18.5 Å². The standard InChI is InChI=1S/C8H9F2N/c9-8(10)7-3-6(7)5-1-2-11-4-5/h1-2,4,6-8,11H,3H2/t6-,7+/m1/s1. The van der Waals surface area contributed by atoms with Gasteiger partial charge in [0.05, 0.1) is 0 Å². The summed E-state index contributed by atoms with van der Waals surface area (Å²) in [6.45, 7) is 0. The highest BCUT2D eigenvalue weighted by Gasteiger charge is 2.44. The summed E-state index contributed by atoms with van der Waals surface area (Å²) >= 11 is 0. The van der Waals surface area contributed by atoms with Crippen molar-refractivity contribution in [2.75, 3.05) is 0 Å². The van der Waals surface area contributed by atoms with Crippen LogP contribution in [0.5, 0.6) is 0 Å². The molecule has 1 saturated carbocycles. The third-order valence-corrected chi connectivity index (χ3v) is 2.21. The number of H-pyrrole nitrogens is 1. The Kier molecular flexibility index (Phi) is 1.44. The molecule has 1 aromatic rings. The zero-order valence-corrected chi connectivity index (χ0v) is 5.93. The summed E-state index contributed by atoms with van der Waals surface area (Å²) in [6, 6.07) is 1.87. The molecule has 2 atom stereocenters. The summed E-state index contributed by atoms with van der Waals surface area (Å²) in [7, 11) is 0. The van der Waals surface area contributed by atoms with Crippen LogP contribution in [-0.2, 0) is 0 Å². The zero-order chi connectivity index (χ0) is 7.84. The molecule has 0 aromatic carbocycles. The quantitative estimate of drug-likeness (QED) is 0.678. The largest absolute Gasteiger partial charge is 0.367 e. The molecule has 1 heterocycles. The first kappa shape index (κ1) is 6.83. The topological polar surface area (TPSA) is 15.8 Å². The molecule has 1 aromatic heterocycles. The summed E-state index contributed by atoms with van der Waals surface area (Å²) < 4.78 is 24.1. The van der Waals surface area contributed by atoms with Gasteiger partial charge in [-0.25, -0.2) is 8.78 Å². The number of hydrogen-bond donors (Lipinski definition) is 1. The normalized spacial score (nSPS) is 29.4. The Balaban J connectivity index is 2.02. The van der Waals surface area contributed by atoms with E-state index in [4.69, 9.17) is 0 Å². The summed E-state index contributed by atoms with van der Waals surface area (Å²) in [5.74, 6) is -0.271. The van der Waals surface area contributed by atoms with E-state index in [9.17, 15) is 8.78 Å². The molecule has 60 valence electrons. The molecular weight excluding hydrogens is 148 g/mol. The fraction of sp³-hybridized carbons (Fsp3) is 0.500. The molecule has 1 fully saturated rings. The van der Waals surface area contributed by atoms with Crippen LogP contribution in [-0.4, -0.2) is 11.4 Å². The molecule has 1 aliphatic rings. The van der Waals surface area contributed by atoms with Crippen LogP contribution in [0.3, 0.4) is 0 Å². The summed E-state index contributed by atoms with van der Waals surface area (Å²) in [5.41, 5.74) is 1.02. The lowest BCUT2D eigenvalue weighted by Crippen LogP contribution is -1.94. The van der Waals surface area contributed by atoms with Crippen LogP contribution in [0, 0.1) is 5.92 Å². The van der Waals surface area contributed by atoms with Gasteiger partial charge in [0.25, 0.3) is 0 Å². The molecule has 3 heteroatoms. The Morgan fingerprint density at radius 3 is 2.82 bits per heavy atom. The van der Waals surface area contributed by atoms with Gasteiger partial charge in [-0.05, 0) is 24.0 Å². The number of aromatic amines is 1. The molecular formula is C8H9F2N. The van der Waals surface area contributed by atoms with Crippen LogP contribution in [0.4, 0.5) is 8.78 Å². The van der Waals surface area contributed by atoms with E-state index in [1.807, 2.05) is 6.07 Å². The van der Waals surface area contributed by atoms with Crippen LogP contribution < -0.4 is 0 Å². The Bertz CT molecular complexity index is 230. The lowest BCUT2D eigenvalue weighted by atomic mass is 10.2. The van der Waals surface area contributed by atoms with Gasteiger partial charge in [0, 0.05) is 18.3 Å². The average Bonchev–Trinajstić information content (AvgIpc) is 2.60.